The van der Waals surface area contributed by atoms with Crippen LogP contribution in [0.4, 0.5) is 0 Å². The van der Waals surface area contributed by atoms with Crippen LogP contribution in [0, 0.1) is 0 Å². The van der Waals surface area contributed by atoms with E-state index >= 15 is 0 Å². The molecule has 2 aliphatic rings. The third kappa shape index (κ3) is 6.97. The topological polar surface area (TPSA) is 73.5 Å². The zero-order valence-electron chi connectivity index (χ0n) is 22.3. The molecule has 2 aromatic carbocycles. The molecule has 2 atom stereocenters. The highest BCUT2D eigenvalue weighted by Gasteiger charge is 2.47. The van der Waals surface area contributed by atoms with E-state index in [9.17, 15) is 9.59 Å². The lowest BCUT2D eigenvalue weighted by Crippen LogP contribution is -2.65. The van der Waals surface area contributed by atoms with Gasteiger partial charge in [-0.25, -0.2) is 0 Å². The molecule has 0 saturated carbocycles. The molecule has 0 radical (unpaired) electrons. The molecule has 2 aromatic rings. The molecule has 0 aliphatic carbocycles. The summed E-state index contributed by atoms with van der Waals surface area (Å²) in [5.41, 5.74) is 1.39. The maximum atomic E-state index is 13.2. The number of hydrogen-bond acceptors (Lipinski definition) is 5. The number of carbonyl (C=O) groups is 2. The van der Waals surface area contributed by atoms with Gasteiger partial charge in [-0.2, -0.15) is 0 Å². The highest BCUT2D eigenvalue weighted by atomic mass is 35.5. The number of rotatable bonds is 11. The van der Waals surface area contributed by atoms with Crippen LogP contribution in [-0.4, -0.2) is 67.9 Å². The minimum atomic E-state index is -0.440. The average molecular weight is 560 g/mol. The second-order valence-electron chi connectivity index (χ2n) is 10.6. The van der Waals surface area contributed by atoms with Gasteiger partial charge in [0.25, 0.3) is 0 Å². The molecule has 2 heterocycles. The number of carbonyl (C=O) groups excluding carboxylic acids is 2. The fourth-order valence-corrected chi connectivity index (χ4v) is 6.52. The highest BCUT2D eigenvalue weighted by Crippen LogP contribution is 2.36. The number of Topliss-reactive ketones (excluding diaryl/α,β-unsaturated/α-hetero) is 1. The minimum absolute atomic E-state index is 0.0790. The summed E-state index contributed by atoms with van der Waals surface area (Å²) in [6.45, 7) is 3.63. The van der Waals surface area contributed by atoms with Gasteiger partial charge in [-0.15, -0.1) is 0 Å². The third-order valence-corrected chi connectivity index (χ3v) is 9.03. The van der Waals surface area contributed by atoms with Crippen LogP contribution in [0.3, 0.4) is 0 Å². The third-order valence-electron chi connectivity index (χ3n) is 8.29. The average Bonchev–Trinajstić information content (AvgIpc) is 2.96. The summed E-state index contributed by atoms with van der Waals surface area (Å²) in [6.07, 6.45) is 6.98. The number of likely N-dealkylation sites (N-methyl/N-ethyl adjacent to an activating group) is 1. The molecule has 3 N–H and O–H groups in total. The number of likely N-dealkylation sites (tertiary alicyclic amines) is 1. The molecule has 38 heavy (non-hydrogen) atoms. The van der Waals surface area contributed by atoms with E-state index in [1.54, 1.807) is 7.05 Å². The van der Waals surface area contributed by atoms with Crippen molar-refractivity contribution < 1.29 is 9.59 Å². The first-order valence-electron chi connectivity index (χ1n) is 13.9. The van der Waals surface area contributed by atoms with Gasteiger partial charge in [0.2, 0.25) is 5.91 Å². The van der Waals surface area contributed by atoms with Crippen molar-refractivity contribution >= 4 is 34.9 Å². The molecule has 206 valence electrons. The fraction of sp³-hybridized carbons (Fsp3) is 0.533. The zero-order valence-corrected chi connectivity index (χ0v) is 23.8. The minimum Gasteiger partial charge on any atom is -0.358 e. The lowest BCUT2D eigenvalue weighted by Gasteiger charge is -2.50. The van der Waals surface area contributed by atoms with Crippen LogP contribution in [-0.2, 0) is 4.79 Å². The van der Waals surface area contributed by atoms with Crippen LogP contribution >= 0.6 is 23.2 Å². The van der Waals surface area contributed by atoms with Crippen molar-refractivity contribution in [2.75, 3.05) is 39.8 Å². The van der Waals surface area contributed by atoms with Crippen molar-refractivity contribution in [3.8, 4) is 0 Å². The highest BCUT2D eigenvalue weighted by molar-refractivity contribution is 6.42. The Hall–Kier alpha value is -1.96. The number of hydrogen-bond donors (Lipinski definition) is 3. The van der Waals surface area contributed by atoms with Crippen LogP contribution < -0.4 is 16.0 Å². The summed E-state index contributed by atoms with van der Waals surface area (Å²) in [5, 5.41) is 10.9. The fourth-order valence-electron chi connectivity index (χ4n) is 6.21. The molecular formula is C30H40Cl2N4O2. The number of nitrogens with one attached hydrogen (secondary N) is 3. The van der Waals surface area contributed by atoms with Gasteiger partial charge >= 0.3 is 0 Å². The summed E-state index contributed by atoms with van der Waals surface area (Å²) in [7, 11) is 1.76. The molecule has 0 bridgehead atoms. The Balaban J connectivity index is 1.47. The summed E-state index contributed by atoms with van der Waals surface area (Å²) < 4.78 is 0. The van der Waals surface area contributed by atoms with Gasteiger partial charge in [0.1, 0.15) is 5.54 Å². The zero-order chi connectivity index (χ0) is 27.0. The van der Waals surface area contributed by atoms with Crippen molar-refractivity contribution in [1.82, 2.24) is 20.9 Å². The lowest BCUT2D eigenvalue weighted by molar-refractivity contribution is -0.139. The second-order valence-corrected chi connectivity index (χ2v) is 11.4. The maximum absolute atomic E-state index is 13.2. The molecule has 4 rings (SSSR count). The Bertz CT molecular complexity index is 1080. The van der Waals surface area contributed by atoms with E-state index in [2.05, 4.69) is 20.9 Å². The van der Waals surface area contributed by atoms with Crippen LogP contribution in [0.25, 0.3) is 0 Å². The molecule has 2 aliphatic heterocycles. The molecular weight excluding hydrogens is 519 g/mol. The van der Waals surface area contributed by atoms with Crippen molar-refractivity contribution in [3.63, 3.8) is 0 Å². The van der Waals surface area contributed by atoms with Crippen LogP contribution in [0.5, 0.6) is 0 Å². The van der Waals surface area contributed by atoms with E-state index < -0.39 is 5.54 Å². The Morgan fingerprint density at radius 2 is 1.84 bits per heavy atom. The molecule has 2 saturated heterocycles. The summed E-state index contributed by atoms with van der Waals surface area (Å²) in [4.78, 5) is 28.4. The number of piperidine rings is 2. The predicted octanol–water partition coefficient (Wildman–Crippen LogP) is 5.05. The summed E-state index contributed by atoms with van der Waals surface area (Å²) >= 11 is 12.6. The van der Waals surface area contributed by atoms with Gasteiger partial charge in [0, 0.05) is 25.2 Å². The monoisotopic (exact) mass is 558 g/mol. The van der Waals surface area contributed by atoms with E-state index in [1.165, 1.54) is 6.42 Å². The smallest absolute Gasteiger partial charge is 0.240 e. The summed E-state index contributed by atoms with van der Waals surface area (Å²) in [5.74, 6) is 0.393. The van der Waals surface area contributed by atoms with Gasteiger partial charge < -0.3 is 16.0 Å². The Kier molecular flexibility index (Phi) is 10.6. The first kappa shape index (κ1) is 29.0. The first-order valence-corrected chi connectivity index (χ1v) is 14.6. The van der Waals surface area contributed by atoms with Crippen LogP contribution in [0.1, 0.15) is 66.8 Å². The van der Waals surface area contributed by atoms with E-state index in [4.69, 9.17) is 23.2 Å². The molecule has 6 nitrogen and oxygen atoms in total. The standard InChI is InChI=1S/C30H40Cl2N4O2/c1-33-29(38)30(14-16-34-17-15-30)36-18-6-5-9-25(36)12-10-24(23-11-13-26(31)27(32)19-23)20-35-21-28(37)22-7-3-2-4-8-22/h2-4,7-8,11,13,19,24-25,34-35H,5-6,9-10,12,14-18,20-21H2,1H3,(H,33,38). The molecule has 2 fully saturated rings. The number of amides is 1. The number of nitrogens with zero attached hydrogens (tertiary/aromatic N) is 1. The van der Waals surface area contributed by atoms with Gasteiger partial charge in [-0.1, -0.05) is 66.0 Å². The predicted molar refractivity (Wildman–Crippen MR) is 155 cm³/mol. The van der Waals surface area contributed by atoms with Crippen LogP contribution in [0.15, 0.2) is 48.5 Å². The SMILES string of the molecule is CNC(=O)C1(N2CCCCC2CCC(CNCC(=O)c2ccccc2)c2ccc(Cl)c(Cl)c2)CCNCC1. The Morgan fingerprint density at radius 3 is 2.55 bits per heavy atom. The number of benzene rings is 2. The Morgan fingerprint density at radius 1 is 1.08 bits per heavy atom. The van der Waals surface area contributed by atoms with Crippen molar-refractivity contribution in [3.05, 3.63) is 69.7 Å². The van der Waals surface area contributed by atoms with Crippen molar-refractivity contribution in [1.29, 1.82) is 0 Å². The lowest BCUT2D eigenvalue weighted by atomic mass is 9.80. The van der Waals surface area contributed by atoms with Gasteiger partial charge in [0.15, 0.2) is 5.78 Å². The van der Waals surface area contributed by atoms with E-state index in [-0.39, 0.29) is 24.2 Å². The number of halogens is 2. The quantitative estimate of drug-likeness (QED) is 0.336. The molecule has 0 spiro atoms. The van der Waals surface area contributed by atoms with E-state index in [1.807, 2.05) is 48.5 Å². The second kappa shape index (κ2) is 13.9. The van der Waals surface area contributed by atoms with Gasteiger partial charge in [-0.05, 0) is 81.8 Å². The summed E-state index contributed by atoms with van der Waals surface area (Å²) in [6, 6.07) is 15.6. The van der Waals surface area contributed by atoms with E-state index in [0.29, 0.717) is 28.2 Å². The molecule has 0 aromatic heterocycles. The van der Waals surface area contributed by atoms with Gasteiger partial charge in [0.05, 0.1) is 16.6 Å². The maximum Gasteiger partial charge on any atom is 0.240 e. The Labute approximate surface area is 236 Å². The van der Waals surface area contributed by atoms with Crippen molar-refractivity contribution in [2.45, 2.75) is 62.4 Å². The van der Waals surface area contributed by atoms with Crippen LogP contribution in [0.2, 0.25) is 10.0 Å². The molecule has 1 amide bonds. The largest absolute Gasteiger partial charge is 0.358 e. The normalized spacial score (nSPS) is 20.6. The molecule has 8 heteroatoms. The van der Waals surface area contributed by atoms with Gasteiger partial charge in [-0.3, -0.25) is 14.5 Å². The van der Waals surface area contributed by atoms with E-state index in [0.717, 1.165) is 63.7 Å². The number of ketones is 1. The first-order chi connectivity index (χ1) is 18.4. The molecule has 2 unspecified atom stereocenters. The van der Waals surface area contributed by atoms with Crippen molar-refractivity contribution in [2.24, 2.45) is 0 Å².